The van der Waals surface area contributed by atoms with Gasteiger partial charge in [-0.3, -0.25) is 4.79 Å². The molecule has 1 aromatic rings. The Morgan fingerprint density at radius 2 is 2.05 bits per heavy atom. The second-order valence-electron chi connectivity index (χ2n) is 5.24. The summed E-state index contributed by atoms with van der Waals surface area (Å²) in [7, 11) is 0. The average Bonchev–Trinajstić information content (AvgIpc) is 3.25. The fourth-order valence-electron chi connectivity index (χ4n) is 1.96. The second kappa shape index (κ2) is 6.97. The number of aryl methyl sites for hydroxylation is 1. The number of hydrogen-bond donors (Lipinski definition) is 3. The maximum Gasteiger partial charge on any atom is 0.407 e. The van der Waals surface area contributed by atoms with E-state index in [9.17, 15) is 14.7 Å². The third kappa shape index (κ3) is 5.33. The Balaban J connectivity index is 1.88. The van der Waals surface area contributed by atoms with Gasteiger partial charge in [0, 0.05) is 13.0 Å². The molecule has 0 bridgehead atoms. The van der Waals surface area contributed by atoms with Crippen LogP contribution < -0.4 is 5.32 Å². The molecule has 1 aliphatic carbocycles. The quantitative estimate of drug-likeness (QED) is 0.715. The molecule has 0 heterocycles. The van der Waals surface area contributed by atoms with Crippen molar-refractivity contribution in [2.24, 2.45) is 5.92 Å². The monoisotopic (exact) mass is 293 g/mol. The van der Waals surface area contributed by atoms with Gasteiger partial charge in [-0.25, -0.2) is 4.79 Å². The van der Waals surface area contributed by atoms with Crippen molar-refractivity contribution < 1.29 is 24.5 Å². The number of hydrogen-bond acceptors (Lipinski definition) is 4. The first-order valence-corrected chi connectivity index (χ1v) is 6.98. The lowest BCUT2D eigenvalue weighted by molar-refractivity contribution is -0.136. The van der Waals surface area contributed by atoms with Crippen LogP contribution >= 0.6 is 0 Å². The summed E-state index contributed by atoms with van der Waals surface area (Å²) in [6, 6.07) is 4.70. The van der Waals surface area contributed by atoms with Gasteiger partial charge in [0.25, 0.3) is 0 Å². The fourth-order valence-corrected chi connectivity index (χ4v) is 1.96. The number of benzene rings is 1. The van der Waals surface area contributed by atoms with Gasteiger partial charge in [-0.2, -0.15) is 0 Å². The molecule has 0 unspecified atom stereocenters. The Hall–Kier alpha value is -2.24. The summed E-state index contributed by atoms with van der Waals surface area (Å²) >= 11 is 0. The van der Waals surface area contributed by atoms with Crippen LogP contribution in [0, 0.1) is 5.92 Å². The molecule has 1 saturated carbocycles. The van der Waals surface area contributed by atoms with E-state index in [1.807, 2.05) is 0 Å². The number of aliphatic carboxylic acids is 1. The Bertz CT molecular complexity index is 525. The van der Waals surface area contributed by atoms with Crippen molar-refractivity contribution in [1.29, 1.82) is 0 Å². The SMILES string of the molecule is O=C(O)CCc1ccc(O)cc1CNC(=O)OCC1CC1. The zero-order chi connectivity index (χ0) is 15.2. The molecule has 0 saturated heterocycles. The van der Waals surface area contributed by atoms with E-state index in [2.05, 4.69) is 5.32 Å². The Morgan fingerprint density at radius 3 is 2.71 bits per heavy atom. The minimum Gasteiger partial charge on any atom is -0.508 e. The third-order valence-corrected chi connectivity index (χ3v) is 3.37. The van der Waals surface area contributed by atoms with E-state index < -0.39 is 12.1 Å². The summed E-state index contributed by atoms with van der Waals surface area (Å²) in [4.78, 5) is 22.2. The van der Waals surface area contributed by atoms with Crippen LogP contribution in [-0.4, -0.2) is 28.9 Å². The predicted octanol–water partition coefficient (Wildman–Crippen LogP) is 2.05. The number of aromatic hydroxyl groups is 1. The number of carbonyl (C=O) groups excluding carboxylic acids is 1. The Morgan fingerprint density at radius 1 is 1.29 bits per heavy atom. The van der Waals surface area contributed by atoms with Crippen LogP contribution in [0.1, 0.15) is 30.4 Å². The molecule has 0 atom stereocenters. The van der Waals surface area contributed by atoms with E-state index in [0.717, 1.165) is 18.4 Å². The summed E-state index contributed by atoms with van der Waals surface area (Å²) in [6.45, 7) is 0.643. The standard InChI is InChI=1S/C15H19NO5/c17-13-5-3-11(4-6-14(18)19)12(7-13)8-16-15(20)21-9-10-1-2-10/h3,5,7,10,17H,1-2,4,6,8-9H2,(H,16,20)(H,18,19). The van der Waals surface area contributed by atoms with Crippen LogP contribution in [0.5, 0.6) is 5.75 Å². The average molecular weight is 293 g/mol. The van der Waals surface area contributed by atoms with E-state index in [1.54, 1.807) is 6.07 Å². The zero-order valence-electron chi connectivity index (χ0n) is 11.7. The predicted molar refractivity (Wildman–Crippen MR) is 75.0 cm³/mol. The molecule has 0 radical (unpaired) electrons. The molecule has 6 nitrogen and oxygen atoms in total. The number of carbonyl (C=O) groups is 2. The lowest BCUT2D eigenvalue weighted by Gasteiger charge is -2.11. The summed E-state index contributed by atoms with van der Waals surface area (Å²) in [6.07, 6.45) is 2.08. The minimum atomic E-state index is -0.883. The van der Waals surface area contributed by atoms with E-state index in [1.165, 1.54) is 12.1 Å². The number of nitrogens with one attached hydrogen (secondary N) is 1. The normalized spacial score (nSPS) is 13.7. The molecule has 1 amide bonds. The number of amides is 1. The number of ether oxygens (including phenoxy) is 1. The van der Waals surface area contributed by atoms with E-state index >= 15 is 0 Å². The molecular weight excluding hydrogens is 274 g/mol. The van der Waals surface area contributed by atoms with Gasteiger partial charge in [0.15, 0.2) is 0 Å². The van der Waals surface area contributed by atoms with E-state index in [-0.39, 0.29) is 18.7 Å². The maximum absolute atomic E-state index is 11.5. The number of rotatable bonds is 7. The number of alkyl carbamates (subject to hydrolysis) is 1. The molecule has 1 aromatic carbocycles. The molecule has 0 aromatic heterocycles. The number of carboxylic acids is 1. The first kappa shape index (κ1) is 15.2. The van der Waals surface area contributed by atoms with Crippen LogP contribution in [0.15, 0.2) is 18.2 Å². The molecule has 3 N–H and O–H groups in total. The summed E-state index contributed by atoms with van der Waals surface area (Å²) < 4.78 is 5.05. The highest BCUT2D eigenvalue weighted by Gasteiger charge is 2.22. The number of carboxylic acid groups (broad SMARTS) is 1. The number of phenolic OH excluding ortho intramolecular Hbond substituents is 1. The zero-order valence-corrected chi connectivity index (χ0v) is 11.7. The van der Waals surface area contributed by atoms with Crippen LogP contribution in [0.4, 0.5) is 4.79 Å². The Labute approximate surface area is 122 Å². The maximum atomic E-state index is 11.5. The van der Waals surface area contributed by atoms with Crippen LogP contribution in [0.2, 0.25) is 0 Å². The van der Waals surface area contributed by atoms with Gasteiger partial charge in [0.1, 0.15) is 5.75 Å². The van der Waals surface area contributed by atoms with Crippen molar-refractivity contribution in [2.45, 2.75) is 32.2 Å². The lowest BCUT2D eigenvalue weighted by Crippen LogP contribution is -2.25. The molecule has 1 fully saturated rings. The summed E-state index contributed by atoms with van der Waals surface area (Å²) in [5.41, 5.74) is 1.48. The Kier molecular flexibility index (Phi) is 5.03. The molecule has 114 valence electrons. The van der Waals surface area contributed by atoms with Crippen LogP contribution in [0.3, 0.4) is 0 Å². The van der Waals surface area contributed by atoms with Gasteiger partial charge in [-0.15, -0.1) is 0 Å². The molecule has 21 heavy (non-hydrogen) atoms. The van der Waals surface area contributed by atoms with Gasteiger partial charge >= 0.3 is 12.1 Å². The van der Waals surface area contributed by atoms with Crippen molar-refractivity contribution in [2.75, 3.05) is 6.61 Å². The van der Waals surface area contributed by atoms with Gasteiger partial charge in [-0.1, -0.05) is 6.07 Å². The molecule has 0 aliphatic heterocycles. The lowest BCUT2D eigenvalue weighted by atomic mass is 10.0. The molecule has 6 heteroatoms. The van der Waals surface area contributed by atoms with E-state index in [4.69, 9.17) is 9.84 Å². The van der Waals surface area contributed by atoms with Gasteiger partial charge in [-0.05, 0) is 48.4 Å². The van der Waals surface area contributed by atoms with Gasteiger partial charge < -0.3 is 20.3 Å². The second-order valence-corrected chi connectivity index (χ2v) is 5.24. The summed E-state index contributed by atoms with van der Waals surface area (Å²) in [5.74, 6) is -0.300. The molecule has 2 rings (SSSR count). The first-order valence-electron chi connectivity index (χ1n) is 6.98. The smallest absolute Gasteiger partial charge is 0.407 e. The third-order valence-electron chi connectivity index (χ3n) is 3.37. The highest BCUT2D eigenvalue weighted by molar-refractivity contribution is 5.68. The highest BCUT2D eigenvalue weighted by atomic mass is 16.5. The topological polar surface area (TPSA) is 95.9 Å². The van der Waals surface area contributed by atoms with Gasteiger partial charge in [0.05, 0.1) is 6.61 Å². The van der Waals surface area contributed by atoms with Crippen molar-refractivity contribution in [3.63, 3.8) is 0 Å². The fraction of sp³-hybridized carbons (Fsp3) is 0.467. The van der Waals surface area contributed by atoms with Gasteiger partial charge in [0.2, 0.25) is 0 Å². The highest BCUT2D eigenvalue weighted by Crippen LogP contribution is 2.28. The van der Waals surface area contributed by atoms with Crippen LogP contribution in [-0.2, 0) is 22.5 Å². The molecule has 0 spiro atoms. The van der Waals surface area contributed by atoms with Crippen LogP contribution in [0.25, 0.3) is 0 Å². The largest absolute Gasteiger partial charge is 0.508 e. The number of phenols is 1. The molecular formula is C15H19NO5. The molecule has 1 aliphatic rings. The van der Waals surface area contributed by atoms with E-state index in [0.29, 0.717) is 24.5 Å². The summed E-state index contributed by atoms with van der Waals surface area (Å²) in [5, 5.41) is 20.8. The minimum absolute atomic E-state index is 0.00387. The van der Waals surface area contributed by atoms with Crippen molar-refractivity contribution >= 4 is 12.1 Å². The first-order chi connectivity index (χ1) is 10.0. The van der Waals surface area contributed by atoms with Crippen molar-refractivity contribution in [1.82, 2.24) is 5.32 Å². The van der Waals surface area contributed by atoms with Crippen molar-refractivity contribution in [3.8, 4) is 5.75 Å². The van der Waals surface area contributed by atoms with Crippen molar-refractivity contribution in [3.05, 3.63) is 29.3 Å².